The average Bonchev–Trinajstić information content (AvgIpc) is 3.19. The fourth-order valence-corrected chi connectivity index (χ4v) is 6.84. The number of fused-ring (bicyclic) bond motifs is 3. The fraction of sp³-hybridized carbons (Fsp3) is 0.381. The van der Waals surface area contributed by atoms with Crippen LogP contribution < -0.4 is 0 Å². The summed E-state index contributed by atoms with van der Waals surface area (Å²) in [7, 11) is 0. The number of hydrogen-bond acceptors (Lipinski definition) is 1. The monoisotopic (exact) mass is 787 g/mol. The number of aromatic hydroxyl groups is 1. The van der Waals surface area contributed by atoms with E-state index in [9.17, 15) is 5.11 Å². The number of phenols is 1. The molecule has 5 rings (SSSR count). The van der Waals surface area contributed by atoms with Crippen LogP contribution in [0.1, 0.15) is 99.3 Å². The Bertz CT molecular complexity index is 1770. The summed E-state index contributed by atoms with van der Waals surface area (Å²) in [6.45, 7) is 24.4. The number of phenolic OH excluding ortho intramolecular Hbond substituents is 1. The van der Waals surface area contributed by atoms with Crippen molar-refractivity contribution >= 4 is 21.8 Å². The van der Waals surface area contributed by atoms with Crippen LogP contribution in [0.25, 0.3) is 38.6 Å². The Hall–Kier alpha value is -2.72. The number of benzene rings is 4. The van der Waals surface area contributed by atoms with E-state index in [1.165, 1.54) is 17.2 Å². The van der Waals surface area contributed by atoms with E-state index in [1.54, 1.807) is 6.07 Å². The molecular weight excluding hydrogens is 732 g/mol. The second kappa shape index (κ2) is 13.4. The summed E-state index contributed by atoms with van der Waals surface area (Å²) in [5.74, 6) is -0.112. The molecule has 0 spiro atoms. The van der Waals surface area contributed by atoms with Gasteiger partial charge in [-0.2, -0.15) is 0 Å². The van der Waals surface area contributed by atoms with Crippen molar-refractivity contribution in [2.45, 2.75) is 98.8 Å². The largest absolute Gasteiger partial charge is 0.507 e. The van der Waals surface area contributed by atoms with Crippen molar-refractivity contribution in [1.29, 1.82) is 0 Å². The van der Waals surface area contributed by atoms with Gasteiger partial charge in [0.25, 0.3) is 0 Å². The van der Waals surface area contributed by atoms with Crippen LogP contribution in [0.4, 0.5) is 4.39 Å². The van der Waals surface area contributed by atoms with Crippen molar-refractivity contribution in [3.05, 3.63) is 110 Å². The molecule has 5 aromatic rings. The van der Waals surface area contributed by atoms with Gasteiger partial charge in [0.2, 0.25) is 0 Å². The van der Waals surface area contributed by atoms with Crippen LogP contribution in [-0.4, -0.2) is 9.67 Å². The van der Waals surface area contributed by atoms with Crippen molar-refractivity contribution in [3.8, 4) is 22.6 Å². The van der Waals surface area contributed by atoms with Crippen molar-refractivity contribution < 1.29 is 35.3 Å². The maximum Gasteiger partial charge on any atom is 0.127 e. The molecule has 4 aromatic carbocycles. The molecule has 1 heterocycles. The van der Waals surface area contributed by atoms with Crippen molar-refractivity contribution in [3.63, 3.8) is 0 Å². The van der Waals surface area contributed by atoms with Gasteiger partial charge in [-0.1, -0.05) is 106 Å². The topological polar surface area (TPSA) is 25.2 Å². The normalized spacial score (nSPS) is 12.4. The third-order valence-electron chi connectivity index (χ3n) is 8.69. The summed E-state index contributed by atoms with van der Waals surface area (Å²) in [6.07, 6.45) is 0.903. The Balaban J connectivity index is 0.00000245. The Kier molecular flexibility index (Phi) is 11.5. The zero-order valence-electron chi connectivity index (χ0n) is 30.4. The minimum Gasteiger partial charge on any atom is -0.507 e. The Morgan fingerprint density at radius 2 is 1.15 bits per heavy atom. The maximum absolute atomic E-state index is 15.5. The standard InChI is InChI=1S/C40H48FNO.2CH3.Hf/c1-37(2,3)24-40(10,11)33-14-12-13-30(36(33)43)25-19-28(41)23-29(20-25)42-34-17-15-26(38(4,5)6)21-31(34)32-22-27(39(7,8)9)16-18-35(32)42;;;/h12-23,43H,24H2,1-11H3;2*1H3;/q;2*-1;. The Morgan fingerprint density at radius 1 is 0.652 bits per heavy atom. The van der Waals surface area contributed by atoms with E-state index in [4.69, 9.17) is 0 Å². The van der Waals surface area contributed by atoms with Gasteiger partial charge in [-0.15, -0.1) is 0 Å². The van der Waals surface area contributed by atoms with Gasteiger partial charge < -0.3 is 24.5 Å². The molecule has 0 saturated carbocycles. The zero-order valence-corrected chi connectivity index (χ0v) is 34.0. The maximum atomic E-state index is 15.5. The van der Waals surface area contributed by atoms with E-state index in [0.29, 0.717) is 11.1 Å². The molecule has 1 aromatic heterocycles. The van der Waals surface area contributed by atoms with Crippen LogP contribution in [0, 0.1) is 26.1 Å². The quantitative estimate of drug-likeness (QED) is 0.142. The Morgan fingerprint density at radius 3 is 1.61 bits per heavy atom. The molecule has 0 aliphatic heterocycles. The number of nitrogens with zero attached hydrogens (tertiary/aromatic N) is 1. The summed E-state index contributed by atoms with van der Waals surface area (Å²) >= 11 is 0. The molecule has 0 saturated heterocycles. The van der Waals surface area contributed by atoms with Crippen molar-refractivity contribution in [2.75, 3.05) is 0 Å². The summed E-state index contributed by atoms with van der Waals surface area (Å²) in [4.78, 5) is 0. The minimum absolute atomic E-state index is 0. The van der Waals surface area contributed by atoms with Crippen LogP contribution in [0.3, 0.4) is 0 Å². The number of rotatable bonds is 4. The molecule has 0 fully saturated rings. The number of aromatic nitrogens is 1. The predicted octanol–water partition coefficient (Wildman–Crippen LogP) is 12.5. The van der Waals surface area contributed by atoms with Crippen LogP contribution in [0.15, 0.2) is 72.8 Å². The van der Waals surface area contributed by atoms with E-state index >= 15 is 4.39 Å². The molecule has 2 nitrogen and oxygen atoms in total. The van der Waals surface area contributed by atoms with Gasteiger partial charge in [0, 0.05) is 53.4 Å². The minimum atomic E-state index is -0.334. The first-order chi connectivity index (χ1) is 19.8. The molecule has 0 amide bonds. The summed E-state index contributed by atoms with van der Waals surface area (Å²) in [6, 6.07) is 24.3. The molecular formula is C42H54FHfNO-2. The van der Waals surface area contributed by atoms with E-state index in [0.717, 1.165) is 39.5 Å². The molecule has 246 valence electrons. The second-order valence-corrected chi connectivity index (χ2v) is 16.3. The summed E-state index contributed by atoms with van der Waals surface area (Å²) in [5.41, 5.74) is 7.36. The van der Waals surface area contributed by atoms with Crippen LogP contribution in [0.5, 0.6) is 5.75 Å². The van der Waals surface area contributed by atoms with E-state index in [2.05, 4.69) is 117 Å². The number of hydrogen-bond donors (Lipinski definition) is 1. The average molecular weight is 786 g/mol. The van der Waals surface area contributed by atoms with Gasteiger partial charge in [0.05, 0.1) is 11.0 Å². The van der Waals surface area contributed by atoms with Gasteiger partial charge in [0.1, 0.15) is 11.6 Å². The summed E-state index contributed by atoms with van der Waals surface area (Å²) in [5, 5.41) is 13.9. The van der Waals surface area contributed by atoms with E-state index in [-0.39, 0.29) is 73.9 Å². The van der Waals surface area contributed by atoms with Gasteiger partial charge in [-0.3, -0.25) is 0 Å². The first-order valence-electron chi connectivity index (χ1n) is 15.5. The van der Waals surface area contributed by atoms with Crippen molar-refractivity contribution in [2.24, 2.45) is 5.41 Å². The Labute approximate surface area is 297 Å². The van der Waals surface area contributed by atoms with Gasteiger partial charge >= 0.3 is 0 Å². The predicted molar refractivity (Wildman–Crippen MR) is 195 cm³/mol. The molecule has 0 atom stereocenters. The molecule has 0 unspecified atom stereocenters. The molecule has 1 N–H and O–H groups in total. The smallest absolute Gasteiger partial charge is 0.127 e. The second-order valence-electron chi connectivity index (χ2n) is 16.3. The first kappa shape index (κ1) is 39.5. The third-order valence-corrected chi connectivity index (χ3v) is 8.69. The van der Waals surface area contributed by atoms with Gasteiger partial charge in [-0.05, 0) is 87.2 Å². The SMILES string of the molecule is CC(C)(C)CC(C)(C)c1cccc(-c2cc(F)cc(-n3c4ccc(C(C)(C)C)cc4c4cc(C(C)(C)C)ccc43)c2)c1O.[CH3-].[CH3-].[Hf]. The van der Waals surface area contributed by atoms with E-state index in [1.807, 2.05) is 24.3 Å². The molecule has 0 radical (unpaired) electrons. The van der Waals surface area contributed by atoms with Crippen molar-refractivity contribution in [1.82, 2.24) is 4.57 Å². The van der Waals surface area contributed by atoms with Crippen LogP contribution >= 0.6 is 0 Å². The zero-order chi connectivity index (χ0) is 31.7. The molecule has 46 heavy (non-hydrogen) atoms. The molecule has 0 aliphatic carbocycles. The van der Waals surface area contributed by atoms with Crippen LogP contribution in [0.2, 0.25) is 0 Å². The van der Waals surface area contributed by atoms with Gasteiger partial charge in [-0.25, -0.2) is 4.39 Å². The molecule has 4 heteroatoms. The van der Waals surface area contributed by atoms with E-state index < -0.39 is 0 Å². The number of halogens is 1. The first-order valence-corrected chi connectivity index (χ1v) is 15.5. The van der Waals surface area contributed by atoms with Gasteiger partial charge in [0.15, 0.2) is 0 Å². The number of para-hydroxylation sites is 1. The summed E-state index contributed by atoms with van der Waals surface area (Å²) < 4.78 is 17.7. The third kappa shape index (κ3) is 7.70. The fourth-order valence-electron chi connectivity index (χ4n) is 6.84. The molecule has 0 bridgehead atoms. The van der Waals surface area contributed by atoms with Crippen LogP contribution in [-0.2, 0) is 42.1 Å². The molecule has 0 aliphatic rings.